The van der Waals surface area contributed by atoms with Gasteiger partial charge in [0.05, 0.1) is 34.7 Å². The summed E-state index contributed by atoms with van der Waals surface area (Å²) in [6.07, 6.45) is 10.0. The first kappa shape index (κ1) is 25.2. The number of anilines is 1. The number of nitrogens with zero attached hydrogens (tertiary/aromatic N) is 8. The van der Waals surface area contributed by atoms with E-state index in [9.17, 15) is 14.4 Å². The fourth-order valence-corrected chi connectivity index (χ4v) is 6.14. The summed E-state index contributed by atoms with van der Waals surface area (Å²) in [5, 5.41) is 21.3. The van der Waals surface area contributed by atoms with E-state index in [0.29, 0.717) is 29.9 Å². The predicted molar refractivity (Wildman–Crippen MR) is 150 cm³/mol. The van der Waals surface area contributed by atoms with Gasteiger partial charge < -0.3 is 10.2 Å². The summed E-state index contributed by atoms with van der Waals surface area (Å²) in [6.45, 7) is 2.24. The first-order valence-electron chi connectivity index (χ1n) is 13.1. The molecule has 0 bridgehead atoms. The minimum Gasteiger partial charge on any atom is -0.356 e. The van der Waals surface area contributed by atoms with E-state index in [0.717, 1.165) is 58.9 Å². The maximum absolute atomic E-state index is 13.2. The lowest BCUT2D eigenvalue weighted by Crippen LogP contribution is -2.31. The fourth-order valence-electron chi connectivity index (χ4n) is 5.90. The van der Waals surface area contributed by atoms with Crippen LogP contribution in [0.4, 0.5) is 10.2 Å². The molecule has 1 saturated carbocycles. The van der Waals surface area contributed by atoms with E-state index in [-0.39, 0.29) is 10.7 Å². The number of aryl methyl sites for hydroxylation is 1. The molecule has 3 atom stereocenters. The molecule has 1 amide bonds. The molecule has 0 aromatic carbocycles. The molecule has 12 heteroatoms. The highest BCUT2D eigenvalue weighted by Crippen LogP contribution is 2.52. The lowest BCUT2D eigenvalue weighted by molar-refractivity contribution is 0.0945. The van der Waals surface area contributed by atoms with Crippen molar-refractivity contribution in [1.29, 1.82) is 5.26 Å². The number of nitrogens with one attached hydrogen (secondary N) is 1. The van der Waals surface area contributed by atoms with Crippen LogP contribution in [-0.4, -0.2) is 54.9 Å². The molecule has 1 aliphatic carbocycles. The number of pyridine rings is 3. The van der Waals surface area contributed by atoms with E-state index in [1.165, 1.54) is 0 Å². The van der Waals surface area contributed by atoms with Crippen molar-refractivity contribution in [3.63, 3.8) is 0 Å². The molecule has 5 aromatic rings. The third-order valence-electron chi connectivity index (χ3n) is 8.05. The van der Waals surface area contributed by atoms with Gasteiger partial charge in [0.2, 0.25) is 0 Å². The molecule has 1 saturated heterocycles. The van der Waals surface area contributed by atoms with Crippen molar-refractivity contribution in [3.8, 4) is 28.3 Å². The Morgan fingerprint density at radius 3 is 2.59 bits per heavy atom. The van der Waals surface area contributed by atoms with E-state index in [2.05, 4.69) is 31.5 Å². The largest absolute Gasteiger partial charge is 0.356 e. The molecular weight excluding hydrogens is 545 g/mol. The van der Waals surface area contributed by atoms with Crippen LogP contribution in [0, 0.1) is 34.9 Å². The Labute approximate surface area is 239 Å². The van der Waals surface area contributed by atoms with Gasteiger partial charge in [-0.2, -0.15) is 15.5 Å². The minimum atomic E-state index is -0.578. The fraction of sp³-hybridized carbons (Fsp3) is 0.241. The Bertz CT molecular complexity index is 1850. The van der Waals surface area contributed by atoms with Crippen molar-refractivity contribution < 1.29 is 9.18 Å². The number of hydrogen-bond donors (Lipinski definition) is 1. The van der Waals surface area contributed by atoms with Gasteiger partial charge in [0.1, 0.15) is 23.4 Å². The van der Waals surface area contributed by atoms with Crippen molar-refractivity contribution in [3.05, 3.63) is 83.5 Å². The van der Waals surface area contributed by atoms with Crippen LogP contribution in [0.2, 0.25) is 5.02 Å². The van der Waals surface area contributed by atoms with Crippen LogP contribution in [0.15, 0.2) is 61.4 Å². The summed E-state index contributed by atoms with van der Waals surface area (Å²) in [5.74, 6) is 1.23. The second-order valence-electron chi connectivity index (χ2n) is 10.5. The van der Waals surface area contributed by atoms with Gasteiger partial charge in [-0.15, -0.1) is 0 Å². The van der Waals surface area contributed by atoms with E-state index in [1.807, 2.05) is 43.8 Å². The van der Waals surface area contributed by atoms with Crippen molar-refractivity contribution in [2.24, 2.45) is 24.8 Å². The first-order valence-corrected chi connectivity index (χ1v) is 13.5. The molecule has 0 radical (unpaired) electrons. The van der Waals surface area contributed by atoms with Crippen LogP contribution in [-0.2, 0) is 7.05 Å². The Hall–Kier alpha value is -4.82. The Kier molecular flexibility index (Phi) is 5.94. The quantitative estimate of drug-likeness (QED) is 0.330. The van der Waals surface area contributed by atoms with Gasteiger partial charge in [-0.05, 0) is 42.0 Å². The van der Waals surface area contributed by atoms with Crippen LogP contribution >= 0.6 is 11.6 Å². The molecule has 5 aromatic heterocycles. The SMILES string of the molecule is Cn1cc(-c2cc(-c3ccc(N4C[C@@H]5C(CNC(=O)c6ncc(F)cc6Cl)[C@@H]5C4)nc3)c3c(C#N)cnn3c2)cn1. The number of nitriles is 1. The molecule has 10 nitrogen and oxygen atoms in total. The summed E-state index contributed by atoms with van der Waals surface area (Å²) < 4.78 is 16.7. The predicted octanol–water partition coefficient (Wildman–Crippen LogP) is 3.97. The van der Waals surface area contributed by atoms with Gasteiger partial charge in [0.25, 0.3) is 5.91 Å². The van der Waals surface area contributed by atoms with Gasteiger partial charge >= 0.3 is 0 Å². The van der Waals surface area contributed by atoms with Crippen LogP contribution in [0.3, 0.4) is 0 Å². The topological polar surface area (TPSA) is 117 Å². The average molecular weight is 568 g/mol. The maximum atomic E-state index is 13.2. The highest BCUT2D eigenvalue weighted by Gasteiger charge is 2.55. The molecule has 1 N–H and O–H groups in total. The number of carbonyl (C=O) groups is 1. The summed E-state index contributed by atoms with van der Waals surface area (Å²) in [5.41, 5.74) is 4.91. The maximum Gasteiger partial charge on any atom is 0.271 e. The number of carbonyl (C=O) groups excluding carboxylic acids is 1. The van der Waals surface area contributed by atoms with Crippen molar-refractivity contribution in [2.75, 3.05) is 24.5 Å². The number of hydrogen-bond acceptors (Lipinski definition) is 7. The standard InChI is InChI=1S/C29H23ClFN9O/c1-38-12-19(9-36-38)17-4-21(28-18(6-32)8-37-40(28)13-17)16-2-3-26(33-7-16)39-14-23-22(24(23)15-39)11-35-29(41)27-25(30)5-20(31)10-34-27/h2-5,7-10,12-13,22-24H,11,14-15H2,1H3,(H,35,41)/t22?,23-,24+. The van der Waals surface area contributed by atoms with Crippen molar-refractivity contribution in [2.45, 2.75) is 0 Å². The summed E-state index contributed by atoms with van der Waals surface area (Å²) >= 11 is 5.96. The lowest BCUT2D eigenvalue weighted by atomic mass is 10.0. The van der Waals surface area contributed by atoms with Crippen molar-refractivity contribution >= 4 is 28.8 Å². The zero-order valence-electron chi connectivity index (χ0n) is 21.9. The first-order chi connectivity index (χ1) is 19.9. The van der Waals surface area contributed by atoms with Gasteiger partial charge in [-0.1, -0.05) is 11.6 Å². The van der Waals surface area contributed by atoms with E-state index in [4.69, 9.17) is 16.6 Å². The lowest BCUT2D eigenvalue weighted by Gasteiger charge is -2.21. The summed E-state index contributed by atoms with van der Waals surface area (Å²) in [4.78, 5) is 23.3. The molecule has 1 unspecified atom stereocenters. The third kappa shape index (κ3) is 4.46. The van der Waals surface area contributed by atoms with Gasteiger partial charge in [-0.3, -0.25) is 9.48 Å². The number of fused-ring (bicyclic) bond motifs is 2. The number of rotatable bonds is 6. The van der Waals surface area contributed by atoms with Gasteiger partial charge in [0, 0.05) is 67.5 Å². The summed E-state index contributed by atoms with van der Waals surface area (Å²) in [6, 6.07) is 9.41. The van der Waals surface area contributed by atoms with Crippen LogP contribution < -0.4 is 10.2 Å². The minimum absolute atomic E-state index is 0.000742. The molecule has 7 rings (SSSR count). The second-order valence-corrected chi connectivity index (χ2v) is 10.9. The number of halogens is 2. The van der Waals surface area contributed by atoms with Crippen LogP contribution in [0.25, 0.3) is 27.8 Å². The summed E-state index contributed by atoms with van der Waals surface area (Å²) in [7, 11) is 1.87. The van der Waals surface area contributed by atoms with E-state index in [1.54, 1.807) is 21.6 Å². The smallest absolute Gasteiger partial charge is 0.271 e. The van der Waals surface area contributed by atoms with Gasteiger partial charge in [0.15, 0.2) is 0 Å². The van der Waals surface area contributed by atoms with Crippen LogP contribution in [0.5, 0.6) is 0 Å². The molecule has 204 valence electrons. The third-order valence-corrected chi connectivity index (χ3v) is 8.33. The van der Waals surface area contributed by atoms with E-state index >= 15 is 0 Å². The van der Waals surface area contributed by atoms with Crippen LogP contribution in [0.1, 0.15) is 16.1 Å². The number of aromatic nitrogens is 6. The molecule has 2 fully saturated rings. The number of piperidine rings is 1. The number of amides is 1. The van der Waals surface area contributed by atoms with Crippen molar-refractivity contribution in [1.82, 2.24) is 34.7 Å². The molecule has 2 aliphatic rings. The normalized spacial score (nSPS) is 19.3. The molecular formula is C29H23ClFN9O. The Morgan fingerprint density at radius 1 is 1.07 bits per heavy atom. The zero-order chi connectivity index (χ0) is 28.2. The highest BCUT2D eigenvalue weighted by atomic mass is 35.5. The van der Waals surface area contributed by atoms with E-state index < -0.39 is 11.7 Å². The highest BCUT2D eigenvalue weighted by molar-refractivity contribution is 6.33. The monoisotopic (exact) mass is 567 g/mol. The molecule has 6 heterocycles. The second kappa shape index (κ2) is 9.67. The zero-order valence-corrected chi connectivity index (χ0v) is 22.6. The Balaban J connectivity index is 1.05. The molecule has 41 heavy (non-hydrogen) atoms. The average Bonchev–Trinajstić information content (AvgIpc) is 3.41. The molecule has 1 aliphatic heterocycles. The van der Waals surface area contributed by atoms with Gasteiger partial charge in [-0.25, -0.2) is 18.9 Å². The Morgan fingerprint density at radius 2 is 1.90 bits per heavy atom. The molecule has 0 spiro atoms.